The molecule has 3 heterocycles. The van der Waals surface area contributed by atoms with Gasteiger partial charge in [-0.1, -0.05) is 0 Å². The highest BCUT2D eigenvalue weighted by Crippen LogP contribution is 2.22. The molecule has 3 rings (SSSR count). The summed E-state index contributed by atoms with van der Waals surface area (Å²) in [4.78, 5) is 22.0. The van der Waals surface area contributed by atoms with Gasteiger partial charge in [-0.3, -0.25) is 4.79 Å². The Kier molecular flexibility index (Phi) is 5.42. The number of pyridine rings is 1. The molecule has 1 aliphatic heterocycles. The van der Waals surface area contributed by atoms with Crippen LogP contribution in [0.25, 0.3) is 11.0 Å². The Balaban J connectivity index is 0.00000176. The van der Waals surface area contributed by atoms with E-state index in [4.69, 9.17) is 5.73 Å². The number of piperidine rings is 1. The first-order valence-electron chi connectivity index (χ1n) is 7.63. The largest absolute Gasteiger partial charge is 0.346 e. The van der Waals surface area contributed by atoms with Gasteiger partial charge in [0.15, 0.2) is 0 Å². The molecule has 120 valence electrons. The van der Waals surface area contributed by atoms with Gasteiger partial charge < -0.3 is 15.6 Å². The smallest absolute Gasteiger partial charge is 0.227 e. The number of halogens is 1. The summed E-state index contributed by atoms with van der Waals surface area (Å²) in [5.74, 6) is 0.168. The molecule has 0 bridgehead atoms. The third-order valence-electron chi connectivity index (χ3n) is 4.35. The van der Waals surface area contributed by atoms with Crippen molar-refractivity contribution in [2.24, 2.45) is 5.73 Å². The predicted molar refractivity (Wildman–Crippen MR) is 90.0 cm³/mol. The first-order valence-corrected chi connectivity index (χ1v) is 7.63. The Bertz CT molecular complexity index is 640. The second kappa shape index (κ2) is 7.11. The van der Waals surface area contributed by atoms with E-state index in [1.807, 2.05) is 30.2 Å². The van der Waals surface area contributed by atoms with Gasteiger partial charge in [0.2, 0.25) is 5.91 Å². The minimum absolute atomic E-state index is 0. The minimum Gasteiger partial charge on any atom is -0.346 e. The number of rotatable bonds is 3. The zero-order valence-corrected chi connectivity index (χ0v) is 13.6. The molecule has 22 heavy (non-hydrogen) atoms. The van der Waals surface area contributed by atoms with Crippen molar-refractivity contribution in [2.75, 3.05) is 6.54 Å². The van der Waals surface area contributed by atoms with E-state index in [1.165, 1.54) is 0 Å². The Morgan fingerprint density at radius 2 is 2.36 bits per heavy atom. The zero-order chi connectivity index (χ0) is 14.8. The number of H-pyrrole nitrogens is 1. The normalized spacial score (nSPS) is 19.7. The Hall–Kier alpha value is -1.59. The number of nitrogens with two attached hydrogens (primary N) is 1. The van der Waals surface area contributed by atoms with Gasteiger partial charge in [0.25, 0.3) is 0 Å². The molecule has 1 aliphatic rings. The summed E-state index contributed by atoms with van der Waals surface area (Å²) in [5.41, 5.74) is 7.90. The van der Waals surface area contributed by atoms with Crippen molar-refractivity contribution < 1.29 is 4.79 Å². The molecule has 0 saturated carbocycles. The van der Waals surface area contributed by atoms with Crippen LogP contribution in [-0.4, -0.2) is 39.4 Å². The highest BCUT2D eigenvalue weighted by Gasteiger charge is 2.29. The number of carbonyl (C=O) groups excluding carboxylic acids is 1. The predicted octanol–water partition coefficient (Wildman–Crippen LogP) is 2.26. The number of nitrogens with one attached hydrogen (secondary N) is 1. The average Bonchev–Trinajstić information content (AvgIpc) is 2.90. The molecule has 0 spiro atoms. The molecule has 2 atom stereocenters. The van der Waals surface area contributed by atoms with E-state index < -0.39 is 0 Å². The number of hydrogen-bond acceptors (Lipinski definition) is 3. The molecular weight excluding hydrogens is 300 g/mol. The second-order valence-electron chi connectivity index (χ2n) is 5.90. The van der Waals surface area contributed by atoms with E-state index in [2.05, 4.69) is 9.97 Å². The summed E-state index contributed by atoms with van der Waals surface area (Å²) in [5, 5.41) is 1.03. The molecule has 5 nitrogen and oxygen atoms in total. The van der Waals surface area contributed by atoms with Crippen LogP contribution in [0.3, 0.4) is 0 Å². The number of amides is 1. The number of hydrogen-bond donors (Lipinski definition) is 2. The maximum Gasteiger partial charge on any atom is 0.227 e. The lowest BCUT2D eigenvalue weighted by Gasteiger charge is -2.38. The summed E-state index contributed by atoms with van der Waals surface area (Å²) in [6.07, 6.45) is 7.30. The molecule has 1 fully saturated rings. The summed E-state index contributed by atoms with van der Waals surface area (Å²) < 4.78 is 0. The molecule has 0 aliphatic carbocycles. The Morgan fingerprint density at radius 1 is 1.55 bits per heavy atom. The quantitative estimate of drug-likeness (QED) is 0.910. The number of nitrogens with zero attached hydrogens (tertiary/aromatic N) is 2. The van der Waals surface area contributed by atoms with Gasteiger partial charge in [0.05, 0.1) is 6.42 Å². The summed E-state index contributed by atoms with van der Waals surface area (Å²) in [6.45, 7) is 2.82. The van der Waals surface area contributed by atoms with Gasteiger partial charge in [-0.2, -0.15) is 0 Å². The van der Waals surface area contributed by atoms with E-state index in [0.717, 1.165) is 42.4 Å². The van der Waals surface area contributed by atoms with E-state index in [-0.39, 0.29) is 30.4 Å². The number of aromatic amines is 1. The molecule has 1 saturated heterocycles. The Labute approximate surface area is 136 Å². The van der Waals surface area contributed by atoms with Crippen molar-refractivity contribution in [3.8, 4) is 0 Å². The number of likely N-dealkylation sites (tertiary alicyclic amines) is 1. The van der Waals surface area contributed by atoms with Crippen LogP contribution in [0, 0.1) is 0 Å². The minimum atomic E-state index is 0. The average molecular weight is 323 g/mol. The maximum absolute atomic E-state index is 12.7. The van der Waals surface area contributed by atoms with Crippen LogP contribution in [-0.2, 0) is 11.2 Å². The number of carbonyl (C=O) groups is 1. The Morgan fingerprint density at radius 3 is 3.14 bits per heavy atom. The SMILES string of the molecule is CC(N)C1CCCCN1C(=O)Cc1c[nH]c2ncccc12.Cl. The van der Waals surface area contributed by atoms with Crippen LogP contribution in [0.4, 0.5) is 0 Å². The fourth-order valence-electron chi connectivity index (χ4n) is 3.24. The van der Waals surface area contributed by atoms with Crippen molar-refractivity contribution in [2.45, 2.75) is 44.7 Å². The van der Waals surface area contributed by atoms with Crippen molar-refractivity contribution in [1.82, 2.24) is 14.9 Å². The standard InChI is InChI=1S/C16H22N4O.ClH/c1-11(17)14-6-2-3-8-20(14)15(21)9-12-10-19-16-13(12)5-4-7-18-16;/h4-5,7,10-11,14H,2-3,6,8-9,17H2,1H3,(H,18,19);1H. The zero-order valence-electron chi connectivity index (χ0n) is 12.8. The highest BCUT2D eigenvalue weighted by atomic mass is 35.5. The van der Waals surface area contributed by atoms with Gasteiger partial charge >= 0.3 is 0 Å². The third-order valence-corrected chi connectivity index (χ3v) is 4.35. The van der Waals surface area contributed by atoms with Crippen molar-refractivity contribution >= 4 is 29.3 Å². The molecule has 6 heteroatoms. The van der Waals surface area contributed by atoms with Crippen LogP contribution in [0.2, 0.25) is 0 Å². The summed E-state index contributed by atoms with van der Waals surface area (Å²) in [7, 11) is 0. The van der Waals surface area contributed by atoms with Gasteiger partial charge in [0.1, 0.15) is 5.65 Å². The molecule has 3 N–H and O–H groups in total. The number of fused-ring (bicyclic) bond motifs is 1. The van der Waals surface area contributed by atoms with Gasteiger partial charge in [0, 0.05) is 36.4 Å². The van der Waals surface area contributed by atoms with Crippen molar-refractivity contribution in [3.63, 3.8) is 0 Å². The van der Waals surface area contributed by atoms with Gasteiger partial charge in [-0.25, -0.2) is 4.98 Å². The molecular formula is C16H23ClN4O. The van der Waals surface area contributed by atoms with E-state index in [9.17, 15) is 4.79 Å². The third kappa shape index (κ3) is 3.25. The number of aromatic nitrogens is 2. The molecule has 0 aromatic carbocycles. The van der Waals surface area contributed by atoms with Gasteiger partial charge in [-0.15, -0.1) is 12.4 Å². The molecule has 2 aromatic rings. The van der Waals surface area contributed by atoms with Crippen LogP contribution in [0.5, 0.6) is 0 Å². The lowest BCUT2D eigenvalue weighted by Crippen LogP contribution is -2.52. The van der Waals surface area contributed by atoms with E-state index >= 15 is 0 Å². The summed E-state index contributed by atoms with van der Waals surface area (Å²) >= 11 is 0. The molecule has 2 unspecified atom stereocenters. The van der Waals surface area contributed by atoms with Crippen LogP contribution in [0.15, 0.2) is 24.5 Å². The van der Waals surface area contributed by atoms with Crippen molar-refractivity contribution in [3.05, 3.63) is 30.1 Å². The summed E-state index contributed by atoms with van der Waals surface area (Å²) in [6, 6.07) is 4.10. The maximum atomic E-state index is 12.7. The molecule has 1 amide bonds. The molecule has 2 aromatic heterocycles. The van der Waals surface area contributed by atoms with Crippen LogP contribution in [0.1, 0.15) is 31.7 Å². The van der Waals surface area contributed by atoms with Crippen LogP contribution >= 0.6 is 12.4 Å². The second-order valence-corrected chi connectivity index (χ2v) is 5.90. The lowest BCUT2D eigenvalue weighted by atomic mass is 9.96. The monoisotopic (exact) mass is 322 g/mol. The van der Waals surface area contributed by atoms with Gasteiger partial charge in [-0.05, 0) is 43.9 Å². The fraction of sp³-hybridized carbons (Fsp3) is 0.500. The van der Waals surface area contributed by atoms with Crippen LogP contribution < -0.4 is 5.73 Å². The van der Waals surface area contributed by atoms with E-state index in [1.54, 1.807) is 6.20 Å². The van der Waals surface area contributed by atoms with E-state index in [0.29, 0.717) is 6.42 Å². The first-order chi connectivity index (χ1) is 10.2. The lowest BCUT2D eigenvalue weighted by molar-refractivity contribution is -0.134. The highest BCUT2D eigenvalue weighted by molar-refractivity contribution is 5.87. The topological polar surface area (TPSA) is 75.0 Å². The fourth-order valence-corrected chi connectivity index (χ4v) is 3.24. The van der Waals surface area contributed by atoms with Crippen molar-refractivity contribution in [1.29, 1.82) is 0 Å². The first kappa shape index (κ1) is 16.8. The molecule has 0 radical (unpaired) electrons.